The molecule has 49 heavy (non-hydrogen) atoms. The molecule has 1 nitrogen and oxygen atoms in total. The molecule has 0 aliphatic rings. The third-order valence-electron chi connectivity index (χ3n) is 9.65. The maximum absolute atomic E-state index is 2.41. The predicted molar refractivity (Wildman–Crippen MR) is 215 cm³/mol. The second-order valence-electron chi connectivity index (χ2n) is 12.5. The Labute approximate surface area is 292 Å². The lowest BCUT2D eigenvalue weighted by molar-refractivity contribution is 1.29. The molecule has 0 fully saturated rings. The Hall–Kier alpha value is -5.74. The van der Waals surface area contributed by atoms with Gasteiger partial charge in [-0.2, -0.15) is 0 Å². The van der Waals surface area contributed by atoms with Crippen LogP contribution in [-0.4, -0.2) is 0 Å². The Bertz CT molecular complexity index is 2830. The summed E-state index contributed by atoms with van der Waals surface area (Å²) in [6.07, 6.45) is 0. The van der Waals surface area contributed by atoms with E-state index < -0.39 is 0 Å². The number of hydrogen-bond donors (Lipinski definition) is 0. The SMILES string of the molecule is c1ccc(-c2cccc(N(c3ccc(-c4cccc5c4sc4ccccc45)cc3)c3ccc4ccc5sc6ccccc6c5c4c3)c2)cc1. The molecule has 0 saturated heterocycles. The zero-order valence-electron chi connectivity index (χ0n) is 26.5. The van der Waals surface area contributed by atoms with Gasteiger partial charge >= 0.3 is 0 Å². The van der Waals surface area contributed by atoms with Crippen LogP contribution in [0.5, 0.6) is 0 Å². The van der Waals surface area contributed by atoms with Crippen LogP contribution in [0.4, 0.5) is 17.1 Å². The Balaban J connectivity index is 1.15. The molecule has 0 aliphatic carbocycles. The highest BCUT2D eigenvalue weighted by Gasteiger charge is 2.17. The van der Waals surface area contributed by atoms with Gasteiger partial charge in [0.2, 0.25) is 0 Å². The molecule has 0 N–H and O–H groups in total. The van der Waals surface area contributed by atoms with E-state index in [1.807, 2.05) is 22.7 Å². The van der Waals surface area contributed by atoms with Crippen molar-refractivity contribution in [3.8, 4) is 22.3 Å². The smallest absolute Gasteiger partial charge is 0.0468 e. The van der Waals surface area contributed by atoms with Crippen molar-refractivity contribution in [2.24, 2.45) is 0 Å². The van der Waals surface area contributed by atoms with E-state index in [-0.39, 0.29) is 0 Å². The molecule has 10 rings (SSSR count). The molecule has 230 valence electrons. The maximum Gasteiger partial charge on any atom is 0.0468 e. The van der Waals surface area contributed by atoms with Crippen LogP contribution in [0.1, 0.15) is 0 Å². The van der Waals surface area contributed by atoms with E-state index in [1.54, 1.807) is 0 Å². The summed E-state index contributed by atoms with van der Waals surface area (Å²) in [4.78, 5) is 2.41. The van der Waals surface area contributed by atoms with Crippen molar-refractivity contribution in [1.82, 2.24) is 0 Å². The minimum atomic E-state index is 1.12. The summed E-state index contributed by atoms with van der Waals surface area (Å²) in [5.41, 5.74) is 8.30. The molecule has 0 atom stereocenters. The van der Waals surface area contributed by atoms with Gasteiger partial charge in [-0.1, -0.05) is 121 Å². The van der Waals surface area contributed by atoms with E-state index in [1.165, 1.54) is 73.4 Å². The van der Waals surface area contributed by atoms with Crippen molar-refractivity contribution < 1.29 is 0 Å². The quantitative estimate of drug-likeness (QED) is 0.178. The van der Waals surface area contributed by atoms with E-state index in [4.69, 9.17) is 0 Å². The molecule has 0 amide bonds. The number of benzene rings is 8. The van der Waals surface area contributed by atoms with Gasteiger partial charge in [0, 0.05) is 57.4 Å². The van der Waals surface area contributed by atoms with Gasteiger partial charge in [0.25, 0.3) is 0 Å². The van der Waals surface area contributed by atoms with Gasteiger partial charge in [-0.05, 0) is 87.6 Å². The fourth-order valence-electron chi connectivity index (χ4n) is 7.34. The highest BCUT2D eigenvalue weighted by Crippen LogP contribution is 2.44. The number of thiophene rings is 2. The fraction of sp³-hybridized carbons (Fsp3) is 0. The van der Waals surface area contributed by atoms with Crippen LogP contribution in [0.15, 0.2) is 176 Å². The topological polar surface area (TPSA) is 3.24 Å². The molecule has 0 bridgehead atoms. The van der Waals surface area contributed by atoms with Crippen LogP contribution in [0, 0.1) is 0 Å². The van der Waals surface area contributed by atoms with Gasteiger partial charge in [0.15, 0.2) is 0 Å². The molecule has 0 spiro atoms. The van der Waals surface area contributed by atoms with Gasteiger partial charge in [-0.3, -0.25) is 0 Å². The molecular formula is C46H29NS2. The summed E-state index contributed by atoms with van der Waals surface area (Å²) in [6.45, 7) is 0. The molecular weight excluding hydrogens is 631 g/mol. The summed E-state index contributed by atoms with van der Waals surface area (Å²) in [5.74, 6) is 0. The summed E-state index contributed by atoms with van der Waals surface area (Å²) in [7, 11) is 0. The first-order valence-corrected chi connectivity index (χ1v) is 18.2. The summed E-state index contributed by atoms with van der Waals surface area (Å²) in [6, 6.07) is 64.4. The number of hydrogen-bond acceptors (Lipinski definition) is 3. The maximum atomic E-state index is 2.41. The fourth-order valence-corrected chi connectivity index (χ4v) is 9.70. The van der Waals surface area contributed by atoms with Crippen molar-refractivity contribution in [2.75, 3.05) is 4.90 Å². The van der Waals surface area contributed by atoms with Crippen LogP contribution >= 0.6 is 22.7 Å². The zero-order chi connectivity index (χ0) is 32.3. The average molecular weight is 660 g/mol. The van der Waals surface area contributed by atoms with E-state index >= 15 is 0 Å². The second-order valence-corrected chi connectivity index (χ2v) is 14.7. The number of nitrogens with zero attached hydrogens (tertiary/aromatic N) is 1. The molecule has 0 aliphatic heterocycles. The molecule has 0 radical (unpaired) electrons. The molecule has 2 heterocycles. The highest BCUT2D eigenvalue weighted by atomic mass is 32.1. The molecule has 2 aromatic heterocycles. The number of anilines is 3. The van der Waals surface area contributed by atoms with Crippen LogP contribution < -0.4 is 4.90 Å². The summed E-state index contributed by atoms with van der Waals surface area (Å²) in [5, 5.41) is 7.85. The summed E-state index contributed by atoms with van der Waals surface area (Å²) >= 11 is 3.75. The monoisotopic (exact) mass is 659 g/mol. The largest absolute Gasteiger partial charge is 0.310 e. The molecule has 8 aromatic carbocycles. The lowest BCUT2D eigenvalue weighted by atomic mass is 10.0. The van der Waals surface area contributed by atoms with E-state index in [0.29, 0.717) is 0 Å². The lowest BCUT2D eigenvalue weighted by Gasteiger charge is -2.27. The van der Waals surface area contributed by atoms with Crippen LogP contribution in [0.25, 0.3) is 73.4 Å². The van der Waals surface area contributed by atoms with E-state index in [9.17, 15) is 0 Å². The van der Waals surface area contributed by atoms with Crippen molar-refractivity contribution >= 4 is 90.9 Å². The summed E-state index contributed by atoms with van der Waals surface area (Å²) < 4.78 is 5.32. The van der Waals surface area contributed by atoms with Crippen molar-refractivity contribution in [3.63, 3.8) is 0 Å². The zero-order valence-corrected chi connectivity index (χ0v) is 28.1. The van der Waals surface area contributed by atoms with Crippen molar-refractivity contribution in [2.45, 2.75) is 0 Å². The van der Waals surface area contributed by atoms with Crippen LogP contribution in [0.2, 0.25) is 0 Å². The van der Waals surface area contributed by atoms with Gasteiger partial charge in [0.05, 0.1) is 0 Å². The van der Waals surface area contributed by atoms with Crippen molar-refractivity contribution in [3.05, 3.63) is 176 Å². The first kappa shape index (κ1) is 28.3. The second kappa shape index (κ2) is 11.5. The standard InChI is InChI=1S/C46H29NS2/c1-2-10-30(11-3-1)33-12-8-13-35(28-33)47(36-26-22-32-23-27-44-45(41(32)29-36)40-15-5-7-19-43(40)48-44)34-24-20-31(21-25-34)37-16-9-17-39-38-14-4-6-18-42(38)49-46(37)39/h1-29H. The average Bonchev–Trinajstić information content (AvgIpc) is 3.75. The first-order chi connectivity index (χ1) is 24.3. The first-order valence-electron chi connectivity index (χ1n) is 16.6. The van der Waals surface area contributed by atoms with Crippen LogP contribution in [-0.2, 0) is 0 Å². The Morgan fingerprint density at radius 2 is 1.00 bits per heavy atom. The minimum Gasteiger partial charge on any atom is -0.310 e. The van der Waals surface area contributed by atoms with Gasteiger partial charge in [-0.25, -0.2) is 0 Å². The third-order valence-corrected chi connectivity index (χ3v) is 12.0. The molecule has 0 unspecified atom stereocenters. The van der Waals surface area contributed by atoms with Crippen molar-refractivity contribution in [1.29, 1.82) is 0 Å². The Morgan fingerprint density at radius 1 is 0.347 bits per heavy atom. The van der Waals surface area contributed by atoms with Crippen LogP contribution in [0.3, 0.4) is 0 Å². The highest BCUT2D eigenvalue weighted by molar-refractivity contribution is 7.26. The predicted octanol–water partition coefficient (Wildman–Crippen LogP) is 14.4. The Morgan fingerprint density at radius 3 is 1.86 bits per heavy atom. The van der Waals surface area contributed by atoms with E-state index in [2.05, 4.69) is 181 Å². The molecule has 10 aromatic rings. The normalized spacial score (nSPS) is 11.7. The van der Waals surface area contributed by atoms with Gasteiger partial charge in [0.1, 0.15) is 0 Å². The van der Waals surface area contributed by atoms with E-state index in [0.717, 1.165) is 17.1 Å². The van der Waals surface area contributed by atoms with Gasteiger partial charge < -0.3 is 4.90 Å². The number of fused-ring (bicyclic) bond motifs is 8. The third kappa shape index (κ3) is 4.74. The minimum absolute atomic E-state index is 1.12. The number of rotatable bonds is 5. The molecule has 3 heteroatoms. The Kier molecular flexibility index (Phi) is 6.61. The van der Waals surface area contributed by atoms with Gasteiger partial charge in [-0.15, -0.1) is 22.7 Å². The lowest BCUT2D eigenvalue weighted by Crippen LogP contribution is -2.10. The molecule has 0 saturated carbocycles.